The molecule has 1 saturated heterocycles. The van der Waals surface area contributed by atoms with E-state index < -0.39 is 40.0 Å². The number of esters is 2. The summed E-state index contributed by atoms with van der Waals surface area (Å²) in [4.78, 5) is 22.8. The van der Waals surface area contributed by atoms with Gasteiger partial charge >= 0.3 is 27.3 Å². The molecule has 6 atom stereocenters. The lowest BCUT2D eigenvalue weighted by Crippen LogP contribution is -2.40. The molecule has 0 spiro atoms. The molecule has 1 N–H and O–H groups in total. The number of carbonyl (C=O) groups excluding carboxylic acids is 2. The van der Waals surface area contributed by atoms with Gasteiger partial charge in [-0.15, -0.1) is 0 Å². The zero-order chi connectivity index (χ0) is 16.4. The summed E-state index contributed by atoms with van der Waals surface area (Å²) in [6.07, 6.45) is -0.167. The lowest BCUT2D eigenvalue weighted by Gasteiger charge is -2.19. The molecule has 124 valence electrons. The summed E-state index contributed by atoms with van der Waals surface area (Å²) in [5.74, 6) is -2.27. The van der Waals surface area contributed by atoms with Crippen LogP contribution in [0.25, 0.3) is 0 Å². The van der Waals surface area contributed by atoms with Crippen LogP contribution >= 0.6 is 0 Å². The number of hydrogen-bond donors (Lipinski definition) is 1. The second-order valence-corrected chi connectivity index (χ2v) is 7.55. The van der Waals surface area contributed by atoms with Crippen LogP contribution in [0.3, 0.4) is 0 Å². The highest BCUT2D eigenvalue weighted by atomic mass is 32.2. The molecule has 1 aliphatic heterocycles. The van der Waals surface area contributed by atoms with Crippen molar-refractivity contribution >= 4 is 22.1 Å². The van der Waals surface area contributed by atoms with Crippen LogP contribution in [0.5, 0.6) is 0 Å². The maximum absolute atomic E-state index is 13.1. The smallest absolute Gasteiger partial charge is 0.458 e. The molecule has 22 heavy (non-hydrogen) atoms. The summed E-state index contributed by atoms with van der Waals surface area (Å²) >= 11 is 0. The maximum Gasteiger partial charge on any atom is 0.465 e. The topological polar surface area (TPSA) is 107 Å². The van der Waals surface area contributed by atoms with E-state index in [4.69, 9.17) is 9.29 Å². The monoisotopic (exact) mass is 340 g/mol. The van der Waals surface area contributed by atoms with Gasteiger partial charge in [0.2, 0.25) is 0 Å². The average Bonchev–Trinajstić information content (AvgIpc) is 2.77. The summed E-state index contributed by atoms with van der Waals surface area (Å²) in [6, 6.07) is 0. The van der Waals surface area contributed by atoms with Crippen LogP contribution in [0, 0.1) is 29.6 Å². The van der Waals surface area contributed by atoms with Gasteiger partial charge in [-0.3, -0.25) is 9.35 Å². The van der Waals surface area contributed by atoms with E-state index in [2.05, 4.69) is 4.74 Å². The fourth-order valence-electron chi connectivity index (χ4n) is 3.87. The van der Waals surface area contributed by atoms with Gasteiger partial charge in [-0.1, -0.05) is 6.92 Å². The molecule has 3 rings (SSSR count). The zero-order valence-corrected chi connectivity index (χ0v) is 12.3. The molecule has 0 aromatic rings. The van der Waals surface area contributed by atoms with E-state index in [1.165, 1.54) is 0 Å². The molecule has 0 bridgehead atoms. The SMILES string of the molecule is CC1C2CC3C(=O)OC(COC(=O)C(F)(F)S(=O)(=O)O)C3C12. The Morgan fingerprint density at radius 3 is 2.68 bits per heavy atom. The minimum atomic E-state index is -5.90. The van der Waals surface area contributed by atoms with Gasteiger partial charge in [0.1, 0.15) is 12.7 Å². The summed E-state index contributed by atoms with van der Waals surface area (Å²) in [7, 11) is -5.90. The van der Waals surface area contributed by atoms with Crippen molar-refractivity contribution in [3.05, 3.63) is 0 Å². The van der Waals surface area contributed by atoms with Crippen molar-refractivity contribution < 1.29 is 40.8 Å². The fraction of sp³-hybridized carbons (Fsp3) is 0.833. The van der Waals surface area contributed by atoms with Crippen molar-refractivity contribution in [1.82, 2.24) is 0 Å². The van der Waals surface area contributed by atoms with Crippen LogP contribution in [0.2, 0.25) is 0 Å². The Bertz CT molecular complexity index is 631. The minimum Gasteiger partial charge on any atom is -0.458 e. The van der Waals surface area contributed by atoms with E-state index in [-0.39, 0.29) is 17.8 Å². The molecule has 10 heteroatoms. The Balaban J connectivity index is 1.65. The van der Waals surface area contributed by atoms with Gasteiger partial charge in [-0.2, -0.15) is 17.2 Å². The Kier molecular flexibility index (Phi) is 3.27. The van der Waals surface area contributed by atoms with E-state index >= 15 is 0 Å². The van der Waals surface area contributed by atoms with E-state index in [1.807, 2.05) is 6.92 Å². The van der Waals surface area contributed by atoms with Crippen molar-refractivity contribution in [2.75, 3.05) is 6.61 Å². The molecule has 3 fully saturated rings. The van der Waals surface area contributed by atoms with Crippen LogP contribution in [0.15, 0.2) is 0 Å². The molecule has 7 nitrogen and oxygen atoms in total. The predicted octanol–water partition coefficient (Wildman–Crippen LogP) is 0.454. The Labute approximate surface area is 124 Å². The van der Waals surface area contributed by atoms with Crippen molar-refractivity contribution in [1.29, 1.82) is 0 Å². The van der Waals surface area contributed by atoms with Gasteiger partial charge in [0.15, 0.2) is 0 Å². The normalized spacial score (nSPS) is 39.9. The number of cyclic esters (lactones) is 1. The maximum atomic E-state index is 13.1. The minimum absolute atomic E-state index is 0.195. The largest absolute Gasteiger partial charge is 0.465 e. The van der Waals surface area contributed by atoms with Crippen molar-refractivity contribution in [2.45, 2.75) is 24.7 Å². The number of hydrogen-bond acceptors (Lipinski definition) is 6. The molecule has 0 aromatic heterocycles. The lowest BCUT2D eigenvalue weighted by molar-refractivity contribution is -0.167. The molecule has 1 heterocycles. The standard InChI is InChI=1S/C12H14F2O7S/c1-4-5-2-6-9(8(4)5)7(21-10(6)15)3-20-11(16)12(13,14)22(17,18)19/h4-9H,2-3H2,1H3,(H,17,18,19). The third kappa shape index (κ3) is 2.11. The highest BCUT2D eigenvalue weighted by Crippen LogP contribution is 2.65. The summed E-state index contributed by atoms with van der Waals surface area (Å²) in [5.41, 5.74) is 0. The lowest BCUT2D eigenvalue weighted by atomic mass is 9.87. The van der Waals surface area contributed by atoms with Gasteiger partial charge in [-0.05, 0) is 24.2 Å². The number of rotatable bonds is 4. The molecular formula is C12H14F2O7S. The first-order valence-electron chi connectivity index (χ1n) is 6.78. The molecule has 0 radical (unpaired) electrons. The van der Waals surface area contributed by atoms with Crippen LogP contribution in [0.4, 0.5) is 8.78 Å². The molecule has 0 amide bonds. The van der Waals surface area contributed by atoms with Gasteiger partial charge in [0, 0.05) is 5.92 Å². The Morgan fingerprint density at radius 2 is 2.09 bits per heavy atom. The number of fused-ring (bicyclic) bond motifs is 3. The van der Waals surface area contributed by atoms with Crippen LogP contribution in [-0.4, -0.2) is 42.9 Å². The fourth-order valence-corrected chi connectivity index (χ4v) is 4.14. The molecular weight excluding hydrogens is 326 g/mol. The Morgan fingerprint density at radius 1 is 1.45 bits per heavy atom. The second-order valence-electron chi connectivity index (χ2n) is 6.09. The van der Waals surface area contributed by atoms with Gasteiger partial charge < -0.3 is 9.47 Å². The third-order valence-corrected chi connectivity index (χ3v) is 5.83. The van der Waals surface area contributed by atoms with E-state index in [0.717, 1.165) is 0 Å². The average molecular weight is 340 g/mol. The molecule has 2 aliphatic carbocycles. The Hall–Kier alpha value is -1.29. The summed E-state index contributed by atoms with van der Waals surface area (Å²) in [5, 5.41) is -5.04. The number of alkyl halides is 2. The van der Waals surface area contributed by atoms with Gasteiger partial charge in [0.25, 0.3) is 0 Å². The molecule has 3 aliphatic rings. The van der Waals surface area contributed by atoms with E-state index in [0.29, 0.717) is 18.3 Å². The first-order chi connectivity index (χ1) is 10.1. The third-order valence-electron chi connectivity index (χ3n) is 5.01. The van der Waals surface area contributed by atoms with E-state index in [9.17, 15) is 26.8 Å². The van der Waals surface area contributed by atoms with Crippen LogP contribution < -0.4 is 0 Å². The van der Waals surface area contributed by atoms with Crippen LogP contribution in [0.1, 0.15) is 13.3 Å². The van der Waals surface area contributed by atoms with Crippen molar-refractivity contribution in [3.8, 4) is 0 Å². The second kappa shape index (κ2) is 4.60. The van der Waals surface area contributed by atoms with Crippen molar-refractivity contribution in [3.63, 3.8) is 0 Å². The molecule has 0 aromatic carbocycles. The van der Waals surface area contributed by atoms with Crippen LogP contribution in [-0.2, 0) is 29.2 Å². The summed E-state index contributed by atoms with van der Waals surface area (Å²) in [6.45, 7) is 1.37. The number of ether oxygens (including phenoxy) is 2. The predicted molar refractivity (Wildman–Crippen MR) is 65.1 cm³/mol. The number of halogens is 2. The zero-order valence-electron chi connectivity index (χ0n) is 11.4. The highest BCUT2D eigenvalue weighted by molar-refractivity contribution is 7.87. The quantitative estimate of drug-likeness (QED) is 0.585. The molecule has 6 unspecified atom stereocenters. The van der Waals surface area contributed by atoms with E-state index in [1.54, 1.807) is 0 Å². The van der Waals surface area contributed by atoms with Gasteiger partial charge in [-0.25, -0.2) is 4.79 Å². The van der Waals surface area contributed by atoms with Crippen molar-refractivity contribution in [2.24, 2.45) is 29.6 Å². The van der Waals surface area contributed by atoms with Gasteiger partial charge in [0.05, 0.1) is 5.92 Å². The first kappa shape index (κ1) is 15.6. The highest BCUT2D eigenvalue weighted by Gasteiger charge is 2.67. The summed E-state index contributed by atoms with van der Waals surface area (Å²) < 4.78 is 64.7. The number of carbonyl (C=O) groups is 2. The molecule has 2 saturated carbocycles. The first-order valence-corrected chi connectivity index (χ1v) is 8.22.